The molecule has 0 radical (unpaired) electrons. The monoisotopic (exact) mass is 327 g/mol. The second-order valence-corrected chi connectivity index (χ2v) is 7.69. The van der Waals surface area contributed by atoms with Gasteiger partial charge < -0.3 is 4.42 Å². The highest BCUT2D eigenvalue weighted by Gasteiger charge is 2.18. The SMILES string of the molecule is CC(C)(C)[S@@](=O)/N=C/c1coc2c(Br)cccc12. The smallest absolute Gasteiger partial charge is 0.148 e. The lowest BCUT2D eigenvalue weighted by molar-refractivity contribution is 0.613. The predicted octanol–water partition coefficient (Wildman–Crippen LogP) is 4.08. The fourth-order valence-corrected chi connectivity index (χ4v) is 2.39. The number of halogens is 1. The van der Waals surface area contributed by atoms with Gasteiger partial charge in [-0.3, -0.25) is 0 Å². The Kier molecular flexibility index (Phi) is 3.73. The number of hydrogen-bond acceptors (Lipinski definition) is 2. The summed E-state index contributed by atoms with van der Waals surface area (Å²) in [5.41, 5.74) is 1.62. The summed E-state index contributed by atoms with van der Waals surface area (Å²) in [4.78, 5) is 0. The Morgan fingerprint density at radius 3 is 2.78 bits per heavy atom. The van der Waals surface area contributed by atoms with E-state index in [1.165, 1.54) is 0 Å². The van der Waals surface area contributed by atoms with Crippen LogP contribution in [0.1, 0.15) is 26.3 Å². The number of fused-ring (bicyclic) bond motifs is 1. The highest BCUT2D eigenvalue weighted by Crippen LogP contribution is 2.27. The molecule has 0 aliphatic heterocycles. The summed E-state index contributed by atoms with van der Waals surface area (Å²) in [5.74, 6) is 0. The van der Waals surface area contributed by atoms with Gasteiger partial charge >= 0.3 is 0 Å². The zero-order valence-electron chi connectivity index (χ0n) is 10.4. The highest BCUT2D eigenvalue weighted by atomic mass is 79.9. The van der Waals surface area contributed by atoms with Crippen LogP contribution in [-0.2, 0) is 11.0 Å². The molecule has 2 rings (SSSR count). The molecule has 0 spiro atoms. The molecule has 0 aliphatic carbocycles. The van der Waals surface area contributed by atoms with Crippen molar-refractivity contribution in [3.05, 3.63) is 34.5 Å². The minimum atomic E-state index is -1.25. The van der Waals surface area contributed by atoms with Crippen molar-refractivity contribution in [2.24, 2.45) is 4.40 Å². The Morgan fingerprint density at radius 2 is 2.11 bits per heavy atom. The van der Waals surface area contributed by atoms with Gasteiger partial charge in [0, 0.05) is 17.2 Å². The van der Waals surface area contributed by atoms with Gasteiger partial charge in [-0.1, -0.05) is 12.1 Å². The molecule has 1 heterocycles. The van der Waals surface area contributed by atoms with E-state index >= 15 is 0 Å². The lowest BCUT2D eigenvalue weighted by Crippen LogP contribution is -2.19. The summed E-state index contributed by atoms with van der Waals surface area (Å²) in [7, 11) is -1.25. The Labute approximate surface area is 117 Å². The molecule has 0 N–H and O–H groups in total. The van der Waals surface area contributed by atoms with E-state index in [0.29, 0.717) is 0 Å². The van der Waals surface area contributed by atoms with Crippen LogP contribution >= 0.6 is 15.9 Å². The van der Waals surface area contributed by atoms with Crippen molar-refractivity contribution in [1.29, 1.82) is 0 Å². The van der Waals surface area contributed by atoms with Gasteiger partial charge in [0.05, 0.1) is 9.22 Å². The standard InChI is InChI=1S/C13H14BrNO2S/c1-13(2,3)18(16)15-7-9-8-17-12-10(9)5-4-6-11(12)14/h4-8H,1-3H3/b15-7+/t18-/m1/s1. The van der Waals surface area contributed by atoms with Crippen molar-refractivity contribution >= 4 is 44.1 Å². The first-order valence-corrected chi connectivity index (χ1v) is 7.41. The number of hydrogen-bond donors (Lipinski definition) is 0. The maximum atomic E-state index is 11.8. The molecule has 0 saturated carbocycles. The number of benzene rings is 1. The van der Waals surface area contributed by atoms with E-state index in [9.17, 15) is 4.21 Å². The third-order valence-corrected chi connectivity index (χ3v) is 4.36. The Hall–Kier alpha value is -0.940. The fraction of sp³-hybridized carbons (Fsp3) is 0.308. The summed E-state index contributed by atoms with van der Waals surface area (Å²) in [6.45, 7) is 5.68. The zero-order chi connectivity index (χ0) is 13.3. The molecule has 0 fully saturated rings. The third-order valence-electron chi connectivity index (χ3n) is 2.39. The summed E-state index contributed by atoms with van der Waals surface area (Å²) in [5, 5.41) is 0.957. The largest absolute Gasteiger partial charge is 0.462 e. The first kappa shape index (κ1) is 13.5. The molecule has 1 aromatic heterocycles. The molecule has 1 atom stereocenters. The van der Waals surface area contributed by atoms with Gasteiger partial charge in [-0.15, -0.1) is 0 Å². The number of rotatable bonds is 2. The van der Waals surface area contributed by atoms with Crippen molar-refractivity contribution in [3.63, 3.8) is 0 Å². The van der Waals surface area contributed by atoms with Gasteiger partial charge in [0.2, 0.25) is 0 Å². The van der Waals surface area contributed by atoms with E-state index in [2.05, 4.69) is 20.3 Å². The van der Waals surface area contributed by atoms with Gasteiger partial charge in [-0.2, -0.15) is 4.40 Å². The molecule has 0 amide bonds. The molecular weight excluding hydrogens is 314 g/mol. The van der Waals surface area contributed by atoms with E-state index in [0.717, 1.165) is 21.0 Å². The summed E-state index contributed by atoms with van der Waals surface area (Å²) in [6, 6.07) is 5.80. The van der Waals surface area contributed by atoms with Crippen LogP contribution in [0.25, 0.3) is 11.0 Å². The quantitative estimate of drug-likeness (QED) is 0.780. The van der Waals surface area contributed by atoms with Gasteiger partial charge in [-0.25, -0.2) is 4.21 Å². The minimum absolute atomic E-state index is 0.351. The summed E-state index contributed by atoms with van der Waals surface area (Å²) >= 11 is 3.42. The fourth-order valence-electron chi connectivity index (χ4n) is 1.40. The summed E-state index contributed by atoms with van der Waals surface area (Å²) in [6.07, 6.45) is 3.23. The molecule has 3 nitrogen and oxygen atoms in total. The van der Waals surface area contributed by atoms with Crippen LogP contribution in [0.2, 0.25) is 0 Å². The second-order valence-electron chi connectivity index (χ2n) is 4.90. The Balaban J connectivity index is 2.36. The van der Waals surface area contributed by atoms with Gasteiger partial charge in [0.25, 0.3) is 0 Å². The van der Waals surface area contributed by atoms with Crippen LogP contribution in [0.3, 0.4) is 0 Å². The molecule has 2 aromatic rings. The number of furan rings is 1. The first-order chi connectivity index (χ1) is 8.39. The molecule has 0 aliphatic rings. The summed E-state index contributed by atoms with van der Waals surface area (Å²) < 4.78 is 21.9. The molecule has 0 bridgehead atoms. The average molecular weight is 328 g/mol. The second kappa shape index (κ2) is 4.97. The lowest BCUT2D eigenvalue weighted by atomic mass is 10.2. The van der Waals surface area contributed by atoms with Crippen molar-refractivity contribution in [1.82, 2.24) is 0 Å². The zero-order valence-corrected chi connectivity index (χ0v) is 12.8. The van der Waals surface area contributed by atoms with Gasteiger partial charge in [-0.05, 0) is 42.8 Å². The van der Waals surface area contributed by atoms with Crippen LogP contribution in [0.5, 0.6) is 0 Å². The van der Waals surface area contributed by atoms with Crippen LogP contribution in [-0.4, -0.2) is 15.2 Å². The van der Waals surface area contributed by atoms with Crippen molar-refractivity contribution < 1.29 is 8.63 Å². The van der Waals surface area contributed by atoms with E-state index in [-0.39, 0.29) is 4.75 Å². The molecule has 5 heteroatoms. The van der Waals surface area contributed by atoms with Gasteiger partial charge in [0.1, 0.15) is 22.8 Å². The van der Waals surface area contributed by atoms with Gasteiger partial charge in [0.15, 0.2) is 0 Å². The lowest BCUT2D eigenvalue weighted by Gasteiger charge is -2.12. The molecule has 1 aromatic carbocycles. The average Bonchev–Trinajstić information content (AvgIpc) is 2.69. The molecule has 0 saturated heterocycles. The van der Waals surface area contributed by atoms with Crippen LogP contribution < -0.4 is 0 Å². The van der Waals surface area contributed by atoms with Crippen LogP contribution in [0, 0.1) is 0 Å². The normalized spacial score (nSPS) is 14.4. The predicted molar refractivity (Wildman–Crippen MR) is 79.4 cm³/mol. The van der Waals surface area contributed by atoms with Crippen LogP contribution in [0.15, 0.2) is 37.7 Å². The van der Waals surface area contributed by atoms with E-state index in [1.54, 1.807) is 12.5 Å². The molecule has 0 unspecified atom stereocenters. The highest BCUT2D eigenvalue weighted by molar-refractivity contribution is 9.10. The molecule has 96 valence electrons. The van der Waals surface area contributed by atoms with E-state index in [4.69, 9.17) is 4.42 Å². The van der Waals surface area contributed by atoms with Crippen molar-refractivity contribution in [2.75, 3.05) is 0 Å². The number of para-hydroxylation sites is 1. The Bertz CT molecular complexity index is 625. The van der Waals surface area contributed by atoms with E-state index < -0.39 is 11.0 Å². The first-order valence-electron chi connectivity index (χ1n) is 5.51. The molecular formula is C13H14BrNO2S. The Morgan fingerprint density at radius 1 is 1.39 bits per heavy atom. The maximum absolute atomic E-state index is 11.8. The van der Waals surface area contributed by atoms with E-state index in [1.807, 2.05) is 39.0 Å². The molecule has 18 heavy (non-hydrogen) atoms. The minimum Gasteiger partial charge on any atom is -0.462 e. The topological polar surface area (TPSA) is 42.6 Å². The van der Waals surface area contributed by atoms with Crippen molar-refractivity contribution in [3.8, 4) is 0 Å². The van der Waals surface area contributed by atoms with Crippen LogP contribution in [0.4, 0.5) is 0 Å². The third kappa shape index (κ3) is 2.72. The van der Waals surface area contributed by atoms with Crippen molar-refractivity contribution in [2.45, 2.75) is 25.5 Å². The number of nitrogens with zero attached hydrogens (tertiary/aromatic N) is 1. The maximum Gasteiger partial charge on any atom is 0.148 e.